The molecule has 0 fully saturated rings. The number of benzene rings is 4. The highest BCUT2D eigenvalue weighted by Gasteiger charge is 2.08. The van der Waals surface area contributed by atoms with Gasteiger partial charge in [-0.3, -0.25) is 4.79 Å². The molecule has 0 heterocycles. The highest BCUT2D eigenvalue weighted by Crippen LogP contribution is 2.26. The molecule has 0 atom stereocenters. The number of nitrogens with zero attached hydrogens (tertiary/aromatic N) is 1. The summed E-state index contributed by atoms with van der Waals surface area (Å²) in [5.74, 6) is 1.12. The average molecular weight is 445 g/mol. The predicted octanol–water partition coefficient (Wildman–Crippen LogP) is 5.84. The summed E-state index contributed by atoms with van der Waals surface area (Å²) >= 11 is 5.88. The van der Waals surface area contributed by atoms with E-state index in [0.717, 1.165) is 27.6 Å². The van der Waals surface area contributed by atoms with Gasteiger partial charge in [0.2, 0.25) is 0 Å². The summed E-state index contributed by atoms with van der Waals surface area (Å²) < 4.78 is 11.2. The molecular weight excluding hydrogens is 424 g/mol. The Balaban J connectivity index is 1.40. The average Bonchev–Trinajstić information content (AvgIpc) is 2.84. The number of hydrazone groups is 1. The van der Waals surface area contributed by atoms with Crippen LogP contribution in [0.1, 0.15) is 21.5 Å². The van der Waals surface area contributed by atoms with Gasteiger partial charge in [0.25, 0.3) is 5.91 Å². The van der Waals surface area contributed by atoms with Gasteiger partial charge in [0.05, 0.1) is 13.3 Å². The van der Waals surface area contributed by atoms with Crippen LogP contribution in [0.5, 0.6) is 11.5 Å². The Morgan fingerprint density at radius 2 is 1.72 bits per heavy atom. The van der Waals surface area contributed by atoms with E-state index >= 15 is 0 Å². The number of methoxy groups -OCH3 is 1. The fourth-order valence-corrected chi connectivity index (χ4v) is 3.38. The molecule has 160 valence electrons. The van der Waals surface area contributed by atoms with Crippen molar-refractivity contribution in [2.24, 2.45) is 5.10 Å². The molecule has 6 heteroatoms. The van der Waals surface area contributed by atoms with Crippen LogP contribution in [-0.4, -0.2) is 19.2 Å². The summed E-state index contributed by atoms with van der Waals surface area (Å²) in [5.41, 5.74) is 4.83. The topological polar surface area (TPSA) is 59.9 Å². The van der Waals surface area contributed by atoms with Crippen LogP contribution in [0.25, 0.3) is 10.8 Å². The van der Waals surface area contributed by atoms with Gasteiger partial charge in [0, 0.05) is 16.1 Å². The molecule has 0 aliphatic carbocycles. The van der Waals surface area contributed by atoms with Crippen LogP contribution in [0.4, 0.5) is 0 Å². The van der Waals surface area contributed by atoms with Gasteiger partial charge in [-0.1, -0.05) is 54.1 Å². The minimum Gasteiger partial charge on any atom is -0.496 e. The van der Waals surface area contributed by atoms with E-state index in [4.69, 9.17) is 21.1 Å². The van der Waals surface area contributed by atoms with Crippen LogP contribution in [-0.2, 0) is 6.61 Å². The third kappa shape index (κ3) is 5.07. The molecule has 5 nitrogen and oxygen atoms in total. The van der Waals surface area contributed by atoms with E-state index in [1.165, 1.54) is 0 Å². The second-order valence-electron chi connectivity index (χ2n) is 7.04. The van der Waals surface area contributed by atoms with Gasteiger partial charge in [-0.15, -0.1) is 0 Å². The first-order valence-electron chi connectivity index (χ1n) is 10.0. The van der Waals surface area contributed by atoms with Crippen LogP contribution < -0.4 is 14.9 Å². The molecule has 4 aromatic rings. The lowest BCUT2D eigenvalue weighted by atomic mass is 10.0. The summed E-state index contributed by atoms with van der Waals surface area (Å²) in [5, 5.41) is 6.87. The van der Waals surface area contributed by atoms with Gasteiger partial charge in [-0.25, -0.2) is 5.43 Å². The zero-order valence-electron chi connectivity index (χ0n) is 17.4. The van der Waals surface area contributed by atoms with Crippen molar-refractivity contribution in [1.29, 1.82) is 0 Å². The lowest BCUT2D eigenvalue weighted by Crippen LogP contribution is -2.17. The van der Waals surface area contributed by atoms with Gasteiger partial charge in [0.15, 0.2) is 0 Å². The van der Waals surface area contributed by atoms with Crippen LogP contribution in [0.2, 0.25) is 5.02 Å². The van der Waals surface area contributed by atoms with Gasteiger partial charge >= 0.3 is 0 Å². The smallest absolute Gasteiger partial charge is 0.271 e. The fourth-order valence-electron chi connectivity index (χ4n) is 3.26. The van der Waals surface area contributed by atoms with Crippen molar-refractivity contribution in [2.45, 2.75) is 6.61 Å². The number of halogens is 1. The zero-order chi connectivity index (χ0) is 22.3. The van der Waals surface area contributed by atoms with Crippen LogP contribution >= 0.6 is 11.6 Å². The molecule has 0 bridgehead atoms. The molecule has 0 radical (unpaired) electrons. The Kier molecular flexibility index (Phi) is 6.68. The predicted molar refractivity (Wildman–Crippen MR) is 128 cm³/mol. The molecule has 0 spiro atoms. The highest BCUT2D eigenvalue weighted by atomic mass is 35.5. The van der Waals surface area contributed by atoms with Crippen molar-refractivity contribution >= 4 is 34.5 Å². The number of carbonyl (C=O) groups excluding carboxylic acids is 1. The Morgan fingerprint density at radius 1 is 0.969 bits per heavy atom. The molecule has 0 saturated heterocycles. The normalized spacial score (nSPS) is 10.9. The van der Waals surface area contributed by atoms with Gasteiger partial charge < -0.3 is 9.47 Å². The minimum absolute atomic E-state index is 0.300. The SMILES string of the molecule is COc1ccc2ccccc2c1C=NNC(=O)c1ccc(COc2ccc(Cl)cc2)cc1. The standard InChI is InChI=1S/C26H21ClN2O3/c1-31-25-15-10-19-4-2-3-5-23(19)24(25)16-28-29-26(30)20-8-6-18(7-9-20)17-32-22-13-11-21(27)12-14-22/h2-16H,17H2,1H3,(H,29,30). The Hall–Kier alpha value is -3.83. The Labute approximate surface area is 191 Å². The van der Waals surface area contributed by atoms with E-state index in [1.807, 2.05) is 60.7 Å². The van der Waals surface area contributed by atoms with Gasteiger partial charge in [-0.2, -0.15) is 5.10 Å². The quantitative estimate of drug-likeness (QED) is 0.287. The number of rotatable bonds is 7. The van der Waals surface area contributed by atoms with Gasteiger partial charge in [-0.05, 0) is 58.8 Å². The molecular formula is C26H21ClN2O3. The summed E-state index contributed by atoms with van der Waals surface area (Å²) in [4.78, 5) is 12.5. The zero-order valence-corrected chi connectivity index (χ0v) is 18.2. The maximum atomic E-state index is 12.5. The minimum atomic E-state index is -0.300. The maximum absolute atomic E-state index is 12.5. The summed E-state index contributed by atoms with van der Waals surface area (Å²) in [6.45, 7) is 0.391. The molecule has 0 unspecified atom stereocenters. The number of fused-ring (bicyclic) bond motifs is 1. The first-order chi connectivity index (χ1) is 15.6. The summed E-state index contributed by atoms with van der Waals surface area (Å²) in [6, 6.07) is 26.2. The number of nitrogens with one attached hydrogen (secondary N) is 1. The maximum Gasteiger partial charge on any atom is 0.271 e. The van der Waals surface area contributed by atoms with Crippen molar-refractivity contribution in [2.75, 3.05) is 7.11 Å². The molecule has 1 N–H and O–H groups in total. The fraction of sp³-hybridized carbons (Fsp3) is 0.0769. The molecule has 4 rings (SSSR count). The lowest BCUT2D eigenvalue weighted by molar-refractivity contribution is 0.0955. The number of carbonyl (C=O) groups is 1. The number of amides is 1. The molecule has 0 aromatic heterocycles. The second kappa shape index (κ2) is 9.98. The molecule has 0 aliphatic heterocycles. The number of hydrogen-bond acceptors (Lipinski definition) is 4. The highest BCUT2D eigenvalue weighted by molar-refractivity contribution is 6.30. The first kappa shape index (κ1) is 21.4. The van der Waals surface area contributed by atoms with E-state index in [1.54, 1.807) is 37.6 Å². The van der Waals surface area contributed by atoms with Crippen molar-refractivity contribution < 1.29 is 14.3 Å². The van der Waals surface area contributed by atoms with Crippen LogP contribution in [0.3, 0.4) is 0 Å². The van der Waals surface area contributed by atoms with Crippen LogP contribution in [0.15, 0.2) is 90.0 Å². The molecule has 0 saturated carbocycles. The number of hydrogen-bond donors (Lipinski definition) is 1. The third-order valence-corrected chi connectivity index (χ3v) is 5.20. The van der Waals surface area contributed by atoms with E-state index in [2.05, 4.69) is 10.5 Å². The van der Waals surface area contributed by atoms with Crippen molar-refractivity contribution in [3.8, 4) is 11.5 Å². The van der Waals surface area contributed by atoms with Crippen molar-refractivity contribution in [1.82, 2.24) is 5.43 Å². The van der Waals surface area contributed by atoms with E-state index in [0.29, 0.717) is 22.9 Å². The Bertz CT molecular complexity index is 1250. The summed E-state index contributed by atoms with van der Waals surface area (Å²) in [6.07, 6.45) is 1.60. The summed E-state index contributed by atoms with van der Waals surface area (Å²) in [7, 11) is 1.61. The van der Waals surface area contributed by atoms with Crippen molar-refractivity contribution in [3.05, 3.63) is 107 Å². The van der Waals surface area contributed by atoms with E-state index in [9.17, 15) is 4.79 Å². The molecule has 1 amide bonds. The Morgan fingerprint density at radius 3 is 2.47 bits per heavy atom. The second-order valence-corrected chi connectivity index (χ2v) is 7.48. The monoisotopic (exact) mass is 444 g/mol. The van der Waals surface area contributed by atoms with Crippen molar-refractivity contribution in [3.63, 3.8) is 0 Å². The van der Waals surface area contributed by atoms with E-state index in [-0.39, 0.29) is 5.91 Å². The molecule has 0 aliphatic rings. The van der Waals surface area contributed by atoms with Gasteiger partial charge in [0.1, 0.15) is 18.1 Å². The van der Waals surface area contributed by atoms with E-state index < -0.39 is 0 Å². The van der Waals surface area contributed by atoms with Crippen LogP contribution in [0, 0.1) is 0 Å². The number of ether oxygens (including phenoxy) is 2. The first-order valence-corrected chi connectivity index (χ1v) is 10.4. The molecule has 4 aromatic carbocycles. The molecule has 32 heavy (non-hydrogen) atoms. The third-order valence-electron chi connectivity index (χ3n) is 4.95. The lowest BCUT2D eigenvalue weighted by Gasteiger charge is -2.08. The largest absolute Gasteiger partial charge is 0.496 e.